The summed E-state index contributed by atoms with van der Waals surface area (Å²) in [6.07, 6.45) is 0.965. The van der Waals surface area contributed by atoms with E-state index >= 15 is 0 Å². The predicted molar refractivity (Wildman–Crippen MR) is 80.5 cm³/mol. The minimum absolute atomic E-state index is 0.0634. The van der Waals surface area contributed by atoms with Gasteiger partial charge in [-0.2, -0.15) is 0 Å². The molecule has 5 nitrogen and oxygen atoms in total. The topological polar surface area (TPSA) is 65.7 Å². The number of hydrogen-bond acceptors (Lipinski definition) is 4. The van der Waals surface area contributed by atoms with Crippen LogP contribution in [0.25, 0.3) is 0 Å². The van der Waals surface area contributed by atoms with E-state index in [1.54, 1.807) is 6.07 Å². The number of hydrogen-bond donors (Lipinski definition) is 2. The molecule has 1 aliphatic heterocycles. The molecule has 1 aromatic heterocycles. The SMILES string of the molecule is CC(C)C(=O)N1CCC(NCc2ccc(CO)o2)C(C)C1. The maximum Gasteiger partial charge on any atom is 0.225 e. The van der Waals surface area contributed by atoms with Crippen LogP contribution < -0.4 is 5.32 Å². The summed E-state index contributed by atoms with van der Waals surface area (Å²) in [5.41, 5.74) is 0. The van der Waals surface area contributed by atoms with Crippen molar-refractivity contribution in [3.63, 3.8) is 0 Å². The number of aliphatic hydroxyl groups excluding tert-OH is 1. The number of rotatable bonds is 5. The minimum Gasteiger partial charge on any atom is -0.462 e. The number of piperidine rings is 1. The maximum atomic E-state index is 12.0. The Morgan fingerprint density at radius 1 is 1.48 bits per heavy atom. The summed E-state index contributed by atoms with van der Waals surface area (Å²) in [6, 6.07) is 4.08. The van der Waals surface area contributed by atoms with Crippen LogP contribution in [0.5, 0.6) is 0 Å². The Morgan fingerprint density at radius 3 is 2.76 bits per heavy atom. The summed E-state index contributed by atoms with van der Waals surface area (Å²) in [7, 11) is 0. The van der Waals surface area contributed by atoms with Gasteiger partial charge in [0.1, 0.15) is 18.1 Å². The third-order valence-electron chi connectivity index (χ3n) is 4.12. The molecule has 118 valence electrons. The van der Waals surface area contributed by atoms with Gasteiger partial charge in [-0.25, -0.2) is 0 Å². The number of carbonyl (C=O) groups is 1. The third-order valence-corrected chi connectivity index (χ3v) is 4.12. The number of nitrogens with zero attached hydrogens (tertiary/aromatic N) is 1. The Balaban J connectivity index is 1.82. The quantitative estimate of drug-likeness (QED) is 0.868. The lowest BCUT2D eigenvalue weighted by molar-refractivity contribution is -0.136. The number of furan rings is 1. The predicted octanol–water partition coefficient (Wildman–Crippen LogP) is 1.75. The van der Waals surface area contributed by atoms with Crippen molar-refractivity contribution in [2.24, 2.45) is 11.8 Å². The first-order valence-electron chi connectivity index (χ1n) is 7.72. The lowest BCUT2D eigenvalue weighted by Crippen LogP contribution is -2.50. The lowest BCUT2D eigenvalue weighted by atomic mass is 9.93. The highest BCUT2D eigenvalue weighted by atomic mass is 16.4. The van der Waals surface area contributed by atoms with Gasteiger partial charge in [0.25, 0.3) is 0 Å². The summed E-state index contributed by atoms with van der Waals surface area (Å²) < 4.78 is 5.47. The zero-order chi connectivity index (χ0) is 15.4. The van der Waals surface area contributed by atoms with Crippen molar-refractivity contribution >= 4 is 5.91 Å². The van der Waals surface area contributed by atoms with Gasteiger partial charge in [0, 0.05) is 25.0 Å². The molecule has 0 bridgehead atoms. The molecule has 1 fully saturated rings. The molecule has 2 heterocycles. The highest BCUT2D eigenvalue weighted by Crippen LogP contribution is 2.19. The molecular weight excluding hydrogens is 268 g/mol. The van der Waals surface area contributed by atoms with Crippen LogP contribution in [0.2, 0.25) is 0 Å². The standard InChI is InChI=1S/C16H26N2O3/c1-11(2)16(20)18-7-6-15(12(3)9-18)17-8-13-4-5-14(10-19)21-13/h4-5,11-12,15,17,19H,6-10H2,1-3H3. The molecule has 21 heavy (non-hydrogen) atoms. The molecule has 2 rings (SSSR count). The molecule has 5 heteroatoms. The van der Waals surface area contributed by atoms with Crippen molar-refractivity contribution in [3.8, 4) is 0 Å². The van der Waals surface area contributed by atoms with Gasteiger partial charge in [0.2, 0.25) is 5.91 Å². The maximum absolute atomic E-state index is 12.0. The Labute approximate surface area is 126 Å². The van der Waals surface area contributed by atoms with E-state index in [9.17, 15) is 4.79 Å². The fraction of sp³-hybridized carbons (Fsp3) is 0.688. The largest absolute Gasteiger partial charge is 0.462 e. The normalized spacial score (nSPS) is 22.8. The Kier molecular flexibility index (Phi) is 5.42. The molecule has 1 aromatic rings. The highest BCUT2D eigenvalue weighted by Gasteiger charge is 2.29. The number of nitrogens with one attached hydrogen (secondary N) is 1. The average molecular weight is 294 g/mol. The molecule has 0 saturated carbocycles. The van der Waals surface area contributed by atoms with Gasteiger partial charge < -0.3 is 19.7 Å². The second-order valence-electron chi connectivity index (χ2n) is 6.22. The van der Waals surface area contributed by atoms with Crippen molar-refractivity contribution in [2.45, 2.75) is 46.4 Å². The van der Waals surface area contributed by atoms with Gasteiger partial charge in [-0.05, 0) is 24.5 Å². The number of likely N-dealkylation sites (tertiary alicyclic amines) is 1. The molecule has 0 radical (unpaired) electrons. The second kappa shape index (κ2) is 7.09. The zero-order valence-corrected chi connectivity index (χ0v) is 13.1. The fourth-order valence-electron chi connectivity index (χ4n) is 2.85. The van der Waals surface area contributed by atoms with E-state index in [-0.39, 0.29) is 18.4 Å². The van der Waals surface area contributed by atoms with Crippen molar-refractivity contribution in [1.29, 1.82) is 0 Å². The first-order chi connectivity index (χ1) is 10.0. The van der Waals surface area contributed by atoms with Gasteiger partial charge in [-0.1, -0.05) is 20.8 Å². The van der Waals surface area contributed by atoms with Crippen molar-refractivity contribution in [1.82, 2.24) is 10.2 Å². The van der Waals surface area contributed by atoms with Gasteiger partial charge in [0.05, 0.1) is 6.54 Å². The third kappa shape index (κ3) is 4.08. The summed E-state index contributed by atoms with van der Waals surface area (Å²) in [6.45, 7) is 8.31. The summed E-state index contributed by atoms with van der Waals surface area (Å²) in [4.78, 5) is 14.0. The molecule has 1 amide bonds. The molecule has 2 atom stereocenters. The molecule has 0 spiro atoms. The molecule has 0 aliphatic carbocycles. The van der Waals surface area contributed by atoms with E-state index in [1.165, 1.54) is 0 Å². The van der Waals surface area contributed by atoms with Crippen molar-refractivity contribution in [3.05, 3.63) is 23.7 Å². The van der Waals surface area contributed by atoms with Crippen LogP contribution in [-0.2, 0) is 17.9 Å². The van der Waals surface area contributed by atoms with E-state index in [4.69, 9.17) is 9.52 Å². The van der Waals surface area contributed by atoms with E-state index < -0.39 is 0 Å². The fourth-order valence-corrected chi connectivity index (χ4v) is 2.85. The van der Waals surface area contributed by atoms with Crippen LogP contribution >= 0.6 is 0 Å². The zero-order valence-electron chi connectivity index (χ0n) is 13.1. The Hall–Kier alpha value is -1.33. The average Bonchev–Trinajstić information content (AvgIpc) is 2.93. The summed E-state index contributed by atoms with van der Waals surface area (Å²) in [5, 5.41) is 12.5. The van der Waals surface area contributed by atoms with Crippen LogP contribution in [0.3, 0.4) is 0 Å². The Morgan fingerprint density at radius 2 is 2.19 bits per heavy atom. The lowest BCUT2D eigenvalue weighted by Gasteiger charge is -2.38. The van der Waals surface area contributed by atoms with Crippen LogP contribution in [0, 0.1) is 11.8 Å². The van der Waals surface area contributed by atoms with Crippen LogP contribution in [-0.4, -0.2) is 35.0 Å². The Bertz CT molecular complexity index is 470. The van der Waals surface area contributed by atoms with E-state index in [1.807, 2.05) is 24.8 Å². The monoisotopic (exact) mass is 294 g/mol. The molecule has 2 N–H and O–H groups in total. The van der Waals surface area contributed by atoms with Crippen LogP contribution in [0.15, 0.2) is 16.5 Å². The van der Waals surface area contributed by atoms with Gasteiger partial charge >= 0.3 is 0 Å². The molecule has 0 aromatic carbocycles. The van der Waals surface area contributed by atoms with E-state index in [2.05, 4.69) is 12.2 Å². The highest BCUT2D eigenvalue weighted by molar-refractivity contribution is 5.78. The molecular formula is C16H26N2O3. The van der Waals surface area contributed by atoms with Crippen LogP contribution in [0.1, 0.15) is 38.7 Å². The number of carbonyl (C=O) groups excluding carboxylic acids is 1. The second-order valence-corrected chi connectivity index (χ2v) is 6.22. The first-order valence-corrected chi connectivity index (χ1v) is 7.72. The summed E-state index contributed by atoms with van der Waals surface area (Å²) in [5.74, 6) is 2.18. The van der Waals surface area contributed by atoms with E-state index in [0.29, 0.717) is 24.3 Å². The molecule has 2 unspecified atom stereocenters. The minimum atomic E-state index is -0.0634. The van der Waals surface area contributed by atoms with Gasteiger partial charge in [-0.15, -0.1) is 0 Å². The van der Waals surface area contributed by atoms with Gasteiger partial charge in [-0.3, -0.25) is 4.79 Å². The smallest absolute Gasteiger partial charge is 0.225 e. The molecule has 1 saturated heterocycles. The van der Waals surface area contributed by atoms with Gasteiger partial charge in [0.15, 0.2) is 0 Å². The van der Waals surface area contributed by atoms with E-state index in [0.717, 1.165) is 25.3 Å². The number of amides is 1. The summed E-state index contributed by atoms with van der Waals surface area (Å²) >= 11 is 0. The van der Waals surface area contributed by atoms with Crippen LogP contribution in [0.4, 0.5) is 0 Å². The first kappa shape index (κ1) is 16.0. The van der Waals surface area contributed by atoms with Crippen molar-refractivity contribution < 1.29 is 14.3 Å². The molecule has 1 aliphatic rings. The number of aliphatic hydroxyl groups is 1. The van der Waals surface area contributed by atoms with Crippen molar-refractivity contribution in [2.75, 3.05) is 13.1 Å².